The summed E-state index contributed by atoms with van der Waals surface area (Å²) in [6.45, 7) is 2.43. The molecule has 3 N–H and O–H groups in total. The fourth-order valence-corrected chi connectivity index (χ4v) is 3.08. The van der Waals surface area contributed by atoms with E-state index < -0.39 is 0 Å². The Morgan fingerprint density at radius 2 is 2.00 bits per heavy atom. The predicted molar refractivity (Wildman–Crippen MR) is 123 cm³/mol. The lowest BCUT2D eigenvalue weighted by Gasteiger charge is -2.13. The van der Waals surface area contributed by atoms with Gasteiger partial charge in [0.05, 0.1) is 19.3 Å². The quantitative estimate of drug-likeness (QED) is 0.448. The van der Waals surface area contributed by atoms with Crippen molar-refractivity contribution in [2.45, 2.75) is 20.0 Å². The molecule has 0 radical (unpaired) electrons. The highest BCUT2D eigenvalue weighted by molar-refractivity contribution is 7.80. The van der Waals surface area contributed by atoms with Gasteiger partial charge in [-0.25, -0.2) is 0 Å². The molecule has 0 saturated carbocycles. The first kappa shape index (κ1) is 22.3. The maximum absolute atomic E-state index is 12.5. The van der Waals surface area contributed by atoms with E-state index in [1.54, 1.807) is 61.7 Å². The Balaban J connectivity index is 1.67. The number of benzene rings is 2. The van der Waals surface area contributed by atoms with Crippen LogP contribution < -0.4 is 20.1 Å². The van der Waals surface area contributed by atoms with Crippen LogP contribution in [0.3, 0.4) is 0 Å². The van der Waals surface area contributed by atoms with Gasteiger partial charge in [-0.1, -0.05) is 13.0 Å². The van der Waals surface area contributed by atoms with E-state index in [0.717, 1.165) is 12.0 Å². The fourth-order valence-electron chi connectivity index (χ4n) is 2.86. The molecule has 0 bridgehead atoms. The molecule has 0 spiro atoms. The number of aliphatic hydroxyl groups is 1. The zero-order valence-corrected chi connectivity index (χ0v) is 18.1. The highest BCUT2D eigenvalue weighted by Gasteiger charge is 2.13. The molecule has 1 heterocycles. The lowest BCUT2D eigenvalue weighted by molar-refractivity contribution is 0.0977. The molecule has 0 aliphatic heterocycles. The molecule has 3 rings (SSSR count). The molecular weight excluding hydrogens is 416 g/mol. The van der Waals surface area contributed by atoms with Gasteiger partial charge in [0.1, 0.15) is 29.6 Å². The number of thiocarbonyl (C=S) groups is 1. The fraction of sp³-hybridized carbons (Fsp3) is 0.217. The van der Waals surface area contributed by atoms with E-state index in [-0.39, 0.29) is 17.6 Å². The van der Waals surface area contributed by atoms with Crippen molar-refractivity contribution in [1.82, 2.24) is 5.32 Å². The number of rotatable bonds is 8. The van der Waals surface area contributed by atoms with Crippen molar-refractivity contribution in [1.29, 1.82) is 0 Å². The monoisotopic (exact) mass is 440 g/mol. The van der Waals surface area contributed by atoms with Crippen LogP contribution in [0.5, 0.6) is 11.5 Å². The minimum absolute atomic E-state index is 0.153. The third-order valence-electron chi connectivity index (χ3n) is 4.34. The Kier molecular flexibility index (Phi) is 7.64. The second kappa shape index (κ2) is 10.6. The SMILES string of the molecule is CCCOc1cccc(C(=O)NC(=S)Nc2ccc(-c3ccc(CO)o3)c(OC)c2)c1. The summed E-state index contributed by atoms with van der Waals surface area (Å²) in [6, 6.07) is 15.7. The van der Waals surface area contributed by atoms with E-state index in [0.29, 0.717) is 40.9 Å². The van der Waals surface area contributed by atoms with Gasteiger partial charge in [0.15, 0.2) is 5.11 Å². The zero-order valence-electron chi connectivity index (χ0n) is 17.3. The van der Waals surface area contributed by atoms with E-state index in [1.807, 2.05) is 6.92 Å². The molecule has 0 saturated heterocycles. The number of methoxy groups -OCH3 is 1. The molecule has 7 nitrogen and oxygen atoms in total. The van der Waals surface area contributed by atoms with E-state index in [1.165, 1.54) is 0 Å². The second-order valence-electron chi connectivity index (χ2n) is 6.62. The van der Waals surface area contributed by atoms with Crippen molar-refractivity contribution < 1.29 is 23.8 Å². The highest BCUT2D eigenvalue weighted by Crippen LogP contribution is 2.33. The molecule has 1 amide bonds. The smallest absolute Gasteiger partial charge is 0.257 e. The van der Waals surface area contributed by atoms with Crippen LogP contribution in [0.1, 0.15) is 29.5 Å². The molecule has 0 fully saturated rings. The Hall–Kier alpha value is -3.36. The number of aliphatic hydroxyl groups excluding tert-OH is 1. The maximum atomic E-state index is 12.5. The van der Waals surface area contributed by atoms with Crippen LogP contribution in [0.2, 0.25) is 0 Å². The molecule has 0 unspecified atom stereocenters. The average Bonchev–Trinajstić information content (AvgIpc) is 3.26. The number of hydrogen-bond acceptors (Lipinski definition) is 6. The van der Waals surface area contributed by atoms with Crippen LogP contribution in [0.25, 0.3) is 11.3 Å². The van der Waals surface area contributed by atoms with Crippen molar-refractivity contribution in [2.24, 2.45) is 0 Å². The molecule has 1 aromatic heterocycles. The van der Waals surface area contributed by atoms with E-state index in [4.69, 9.17) is 26.1 Å². The number of amides is 1. The minimum Gasteiger partial charge on any atom is -0.496 e. The largest absolute Gasteiger partial charge is 0.496 e. The number of ether oxygens (including phenoxy) is 2. The van der Waals surface area contributed by atoms with Gasteiger partial charge < -0.3 is 24.3 Å². The Labute approximate surface area is 186 Å². The van der Waals surface area contributed by atoms with Crippen molar-refractivity contribution in [3.63, 3.8) is 0 Å². The number of carbonyl (C=O) groups is 1. The molecule has 3 aromatic rings. The second-order valence-corrected chi connectivity index (χ2v) is 7.03. The van der Waals surface area contributed by atoms with Gasteiger partial charge in [-0.2, -0.15) is 0 Å². The highest BCUT2D eigenvalue weighted by atomic mass is 32.1. The lowest BCUT2D eigenvalue weighted by Crippen LogP contribution is -2.34. The molecular formula is C23H24N2O5S. The molecule has 31 heavy (non-hydrogen) atoms. The van der Waals surface area contributed by atoms with Gasteiger partial charge in [-0.05, 0) is 61.1 Å². The summed E-state index contributed by atoms with van der Waals surface area (Å²) in [5.74, 6) is 1.89. The third kappa shape index (κ3) is 5.84. The number of carbonyl (C=O) groups excluding carboxylic acids is 1. The van der Waals surface area contributed by atoms with Crippen LogP contribution >= 0.6 is 12.2 Å². The van der Waals surface area contributed by atoms with Gasteiger partial charge in [0, 0.05) is 17.3 Å². The summed E-state index contributed by atoms with van der Waals surface area (Å²) in [5, 5.41) is 15.0. The number of furan rings is 1. The van der Waals surface area contributed by atoms with Gasteiger partial charge in [0.2, 0.25) is 0 Å². The van der Waals surface area contributed by atoms with E-state index in [9.17, 15) is 9.90 Å². The van der Waals surface area contributed by atoms with Gasteiger partial charge in [-0.3, -0.25) is 10.1 Å². The topological polar surface area (TPSA) is 93.0 Å². The predicted octanol–water partition coefficient (Wildman–Crippen LogP) is 4.36. The molecule has 8 heteroatoms. The Bertz CT molecular complexity index is 1060. The zero-order chi connectivity index (χ0) is 22.2. The van der Waals surface area contributed by atoms with Gasteiger partial charge >= 0.3 is 0 Å². The summed E-state index contributed by atoms with van der Waals surface area (Å²) in [7, 11) is 1.55. The number of hydrogen-bond donors (Lipinski definition) is 3. The number of nitrogens with one attached hydrogen (secondary N) is 2. The first-order chi connectivity index (χ1) is 15.0. The summed E-state index contributed by atoms with van der Waals surface area (Å²) in [4.78, 5) is 12.5. The maximum Gasteiger partial charge on any atom is 0.257 e. The van der Waals surface area contributed by atoms with Crippen molar-refractivity contribution in [3.05, 3.63) is 65.9 Å². The Morgan fingerprint density at radius 3 is 2.71 bits per heavy atom. The summed E-state index contributed by atoms with van der Waals surface area (Å²) >= 11 is 5.28. The average molecular weight is 441 g/mol. The Morgan fingerprint density at radius 1 is 1.16 bits per heavy atom. The summed E-state index contributed by atoms with van der Waals surface area (Å²) in [6.07, 6.45) is 0.884. The molecule has 0 aliphatic rings. The first-order valence-corrected chi connectivity index (χ1v) is 10.2. The van der Waals surface area contributed by atoms with Gasteiger partial charge in [-0.15, -0.1) is 0 Å². The van der Waals surface area contributed by atoms with Crippen LogP contribution in [0, 0.1) is 0 Å². The molecule has 0 aliphatic carbocycles. The third-order valence-corrected chi connectivity index (χ3v) is 4.54. The summed E-state index contributed by atoms with van der Waals surface area (Å²) in [5.41, 5.74) is 1.81. The lowest BCUT2D eigenvalue weighted by atomic mass is 10.1. The molecule has 2 aromatic carbocycles. The van der Waals surface area contributed by atoms with Crippen molar-refractivity contribution in [3.8, 4) is 22.8 Å². The minimum atomic E-state index is -0.338. The molecule has 162 valence electrons. The van der Waals surface area contributed by atoms with Crippen LogP contribution in [0.4, 0.5) is 5.69 Å². The first-order valence-electron chi connectivity index (χ1n) is 9.77. The van der Waals surface area contributed by atoms with Crippen LogP contribution in [-0.2, 0) is 6.61 Å². The van der Waals surface area contributed by atoms with Gasteiger partial charge in [0.25, 0.3) is 5.91 Å². The normalized spacial score (nSPS) is 10.4. The standard InChI is InChI=1S/C23H24N2O5S/c1-3-11-29-17-6-4-5-15(12-17)22(27)25-23(31)24-16-7-9-19(21(13-16)28-2)20-10-8-18(14-26)30-20/h4-10,12-13,26H,3,11,14H2,1-2H3,(H2,24,25,27,31). The van der Waals surface area contributed by atoms with Crippen molar-refractivity contribution in [2.75, 3.05) is 19.0 Å². The van der Waals surface area contributed by atoms with Crippen LogP contribution in [0.15, 0.2) is 59.0 Å². The van der Waals surface area contributed by atoms with Crippen molar-refractivity contribution >= 4 is 28.9 Å². The molecule has 0 atom stereocenters. The number of anilines is 1. The van der Waals surface area contributed by atoms with E-state index in [2.05, 4.69) is 10.6 Å². The summed E-state index contributed by atoms with van der Waals surface area (Å²) < 4.78 is 16.6. The van der Waals surface area contributed by atoms with Crippen LogP contribution in [-0.4, -0.2) is 29.8 Å². The van der Waals surface area contributed by atoms with E-state index >= 15 is 0 Å².